The van der Waals surface area contributed by atoms with E-state index in [4.69, 9.17) is 4.98 Å². The lowest BCUT2D eigenvalue weighted by Crippen LogP contribution is -2.43. The Morgan fingerprint density at radius 1 is 0.862 bits per heavy atom. The quantitative estimate of drug-likeness (QED) is 0.599. The van der Waals surface area contributed by atoms with Crippen LogP contribution in [-0.4, -0.2) is 30.0 Å². The number of nitrogens with one attached hydrogen (secondary N) is 1. The first kappa shape index (κ1) is 19.7. The van der Waals surface area contributed by atoms with Crippen LogP contribution < -0.4 is 5.32 Å². The van der Waals surface area contributed by atoms with Crippen molar-refractivity contribution in [3.8, 4) is 0 Å². The highest BCUT2D eigenvalue weighted by atomic mass is 15.1. The van der Waals surface area contributed by atoms with Gasteiger partial charge in [0.15, 0.2) is 0 Å². The molecule has 3 nitrogen and oxygen atoms in total. The van der Waals surface area contributed by atoms with Gasteiger partial charge in [0.2, 0.25) is 0 Å². The van der Waals surface area contributed by atoms with Crippen LogP contribution in [0.5, 0.6) is 0 Å². The summed E-state index contributed by atoms with van der Waals surface area (Å²) >= 11 is 0. The maximum atomic E-state index is 4.79. The second-order valence-corrected chi connectivity index (χ2v) is 8.20. The van der Waals surface area contributed by atoms with Crippen LogP contribution in [0.3, 0.4) is 0 Å². The predicted molar refractivity (Wildman–Crippen MR) is 121 cm³/mol. The third-order valence-corrected chi connectivity index (χ3v) is 6.41. The molecule has 1 aromatic heterocycles. The van der Waals surface area contributed by atoms with E-state index < -0.39 is 0 Å². The second-order valence-electron chi connectivity index (χ2n) is 8.20. The molecule has 4 rings (SSSR count). The van der Waals surface area contributed by atoms with Crippen molar-refractivity contribution in [3.05, 3.63) is 95.8 Å². The van der Waals surface area contributed by atoms with E-state index in [-0.39, 0.29) is 5.41 Å². The van der Waals surface area contributed by atoms with Gasteiger partial charge in [0.25, 0.3) is 0 Å². The van der Waals surface area contributed by atoms with Crippen LogP contribution in [0.4, 0.5) is 5.69 Å². The van der Waals surface area contributed by atoms with Gasteiger partial charge in [-0.05, 0) is 74.2 Å². The molecule has 0 saturated carbocycles. The Labute approximate surface area is 174 Å². The Hall–Kier alpha value is -2.65. The van der Waals surface area contributed by atoms with Crippen LogP contribution in [0.1, 0.15) is 36.1 Å². The Kier molecular flexibility index (Phi) is 6.26. The molecule has 0 unspecified atom stereocenters. The van der Waals surface area contributed by atoms with Crippen molar-refractivity contribution >= 4 is 5.69 Å². The van der Waals surface area contributed by atoms with E-state index in [0.29, 0.717) is 0 Å². The van der Waals surface area contributed by atoms with E-state index in [0.717, 1.165) is 26.1 Å². The topological polar surface area (TPSA) is 28.2 Å². The zero-order valence-electron chi connectivity index (χ0n) is 17.3. The molecule has 2 heterocycles. The van der Waals surface area contributed by atoms with Gasteiger partial charge < -0.3 is 5.32 Å². The highest BCUT2D eigenvalue weighted by molar-refractivity contribution is 5.43. The number of likely N-dealkylation sites (tertiary alicyclic amines) is 1. The van der Waals surface area contributed by atoms with Crippen LogP contribution >= 0.6 is 0 Å². The Bertz CT molecular complexity index is 867. The Balaban J connectivity index is 1.44. The first-order valence-corrected chi connectivity index (χ1v) is 10.7. The smallest absolute Gasteiger partial charge is 0.0466 e. The van der Waals surface area contributed by atoms with Crippen molar-refractivity contribution in [2.24, 2.45) is 0 Å². The fourth-order valence-corrected chi connectivity index (χ4v) is 4.51. The van der Waals surface area contributed by atoms with E-state index in [1.807, 2.05) is 19.3 Å². The van der Waals surface area contributed by atoms with E-state index in [2.05, 4.69) is 76.9 Å². The number of hydrogen-bond donors (Lipinski definition) is 1. The van der Waals surface area contributed by atoms with Gasteiger partial charge in [-0.15, -0.1) is 0 Å². The highest BCUT2D eigenvalue weighted by Crippen LogP contribution is 2.39. The van der Waals surface area contributed by atoms with Crippen molar-refractivity contribution in [1.29, 1.82) is 0 Å². The first-order chi connectivity index (χ1) is 14.3. The molecule has 1 saturated heterocycles. The molecule has 1 N–H and O–H groups in total. The van der Waals surface area contributed by atoms with Gasteiger partial charge >= 0.3 is 0 Å². The van der Waals surface area contributed by atoms with Crippen LogP contribution in [0.25, 0.3) is 0 Å². The normalized spacial score (nSPS) is 16.4. The van der Waals surface area contributed by atoms with Gasteiger partial charge in [-0.25, -0.2) is 0 Å². The zero-order chi connectivity index (χ0) is 19.9. The lowest BCUT2D eigenvalue weighted by Gasteiger charge is -2.42. The van der Waals surface area contributed by atoms with Gasteiger partial charge in [-0.2, -0.15) is 0 Å². The van der Waals surface area contributed by atoms with Crippen LogP contribution in [0, 0.1) is 0 Å². The third kappa shape index (κ3) is 4.86. The summed E-state index contributed by atoms with van der Waals surface area (Å²) in [5, 5.41) is 3.19. The minimum Gasteiger partial charge on any atom is -0.388 e. The molecule has 1 fully saturated rings. The standard InChI is InChI=1S/C26H31N3/c1-27-24-12-10-23(11-13-24)21-29-19-16-26(17-20-29,25-9-5-6-18-28-25)15-14-22-7-3-2-4-8-22/h2-13,18,27H,14-17,19-21H2,1H3. The van der Waals surface area contributed by atoms with Crippen molar-refractivity contribution in [2.75, 3.05) is 25.5 Å². The number of aryl methyl sites for hydroxylation is 1. The number of benzene rings is 2. The molecule has 29 heavy (non-hydrogen) atoms. The van der Waals surface area contributed by atoms with Crippen LogP contribution in [-0.2, 0) is 18.4 Å². The number of anilines is 1. The maximum absolute atomic E-state index is 4.79. The van der Waals surface area contributed by atoms with E-state index in [1.54, 1.807) is 0 Å². The number of piperidine rings is 1. The number of aromatic nitrogens is 1. The summed E-state index contributed by atoms with van der Waals surface area (Å²) in [4.78, 5) is 7.38. The fraction of sp³-hybridized carbons (Fsp3) is 0.346. The summed E-state index contributed by atoms with van der Waals surface area (Å²) in [6, 6.07) is 26.1. The van der Waals surface area contributed by atoms with Crippen molar-refractivity contribution < 1.29 is 0 Å². The minimum absolute atomic E-state index is 0.184. The van der Waals surface area contributed by atoms with Gasteiger partial charge in [0, 0.05) is 36.6 Å². The molecule has 0 bridgehead atoms. The first-order valence-electron chi connectivity index (χ1n) is 10.7. The molecule has 0 amide bonds. The van der Waals surface area contributed by atoms with Crippen LogP contribution in [0.2, 0.25) is 0 Å². The molecule has 3 heteroatoms. The SMILES string of the molecule is CNc1ccc(CN2CCC(CCc3ccccc3)(c3ccccn3)CC2)cc1. The highest BCUT2D eigenvalue weighted by Gasteiger charge is 2.36. The Morgan fingerprint density at radius 3 is 2.24 bits per heavy atom. The monoisotopic (exact) mass is 385 g/mol. The van der Waals surface area contributed by atoms with E-state index in [1.165, 1.54) is 41.8 Å². The molecular formula is C26H31N3. The number of rotatable bonds is 7. The summed E-state index contributed by atoms with van der Waals surface area (Å²) in [6.45, 7) is 3.28. The van der Waals surface area contributed by atoms with Crippen molar-refractivity contribution in [3.63, 3.8) is 0 Å². The lowest BCUT2D eigenvalue weighted by atomic mass is 9.71. The number of pyridine rings is 1. The van der Waals surface area contributed by atoms with E-state index in [9.17, 15) is 0 Å². The largest absolute Gasteiger partial charge is 0.388 e. The van der Waals surface area contributed by atoms with E-state index >= 15 is 0 Å². The molecule has 0 atom stereocenters. The van der Waals surface area contributed by atoms with Gasteiger partial charge in [0.05, 0.1) is 0 Å². The Morgan fingerprint density at radius 2 is 1.59 bits per heavy atom. The lowest BCUT2D eigenvalue weighted by molar-refractivity contribution is 0.143. The van der Waals surface area contributed by atoms with Crippen LogP contribution in [0.15, 0.2) is 79.0 Å². The summed E-state index contributed by atoms with van der Waals surface area (Å²) < 4.78 is 0. The molecule has 0 spiro atoms. The number of hydrogen-bond acceptors (Lipinski definition) is 3. The summed E-state index contributed by atoms with van der Waals surface area (Å²) in [6.07, 6.45) is 6.58. The molecule has 2 aromatic carbocycles. The molecule has 150 valence electrons. The summed E-state index contributed by atoms with van der Waals surface area (Å²) in [5.41, 5.74) is 5.44. The minimum atomic E-state index is 0.184. The second kappa shape index (κ2) is 9.23. The number of nitrogens with zero attached hydrogens (tertiary/aromatic N) is 2. The molecule has 1 aliphatic heterocycles. The molecule has 1 aliphatic rings. The third-order valence-electron chi connectivity index (χ3n) is 6.41. The maximum Gasteiger partial charge on any atom is 0.0466 e. The average Bonchev–Trinajstić information content (AvgIpc) is 2.81. The average molecular weight is 386 g/mol. The molecule has 0 aliphatic carbocycles. The molecule has 3 aromatic rings. The van der Waals surface area contributed by atoms with Gasteiger partial charge in [-0.1, -0.05) is 48.5 Å². The fourth-order valence-electron chi connectivity index (χ4n) is 4.51. The van der Waals surface area contributed by atoms with Gasteiger partial charge in [-0.3, -0.25) is 9.88 Å². The predicted octanol–water partition coefficient (Wildman–Crippen LogP) is 5.29. The molecule has 0 radical (unpaired) electrons. The summed E-state index contributed by atoms with van der Waals surface area (Å²) in [5.74, 6) is 0. The summed E-state index contributed by atoms with van der Waals surface area (Å²) in [7, 11) is 1.96. The van der Waals surface area contributed by atoms with Gasteiger partial charge in [0.1, 0.15) is 0 Å². The van der Waals surface area contributed by atoms with Crippen molar-refractivity contribution in [1.82, 2.24) is 9.88 Å². The zero-order valence-corrected chi connectivity index (χ0v) is 17.3. The van der Waals surface area contributed by atoms with Crippen molar-refractivity contribution in [2.45, 2.75) is 37.6 Å². The molecular weight excluding hydrogens is 354 g/mol.